The van der Waals surface area contributed by atoms with Crippen molar-refractivity contribution in [2.24, 2.45) is 0 Å². The highest BCUT2D eigenvalue weighted by Crippen LogP contribution is 2.46. The molecule has 0 saturated heterocycles. The van der Waals surface area contributed by atoms with E-state index in [1.54, 1.807) is 0 Å². The van der Waals surface area contributed by atoms with Crippen LogP contribution in [0.5, 0.6) is 0 Å². The number of carbonyl (C=O) groups is 1. The number of benzene rings is 2. The van der Waals surface area contributed by atoms with E-state index in [4.69, 9.17) is 9.47 Å². The first-order chi connectivity index (χ1) is 14.5. The standard InChI is InChI=1S/C22H15F4NO3S/c1-21(2)29-16(11-17(28)30-21)18-19(12-7-9-13(23)10-8-12)27-31-20(18)14-5-3-4-6-15(14)22(24,25)26/h3-11H,1-2H3. The second-order valence-electron chi connectivity index (χ2n) is 7.22. The lowest BCUT2D eigenvalue weighted by atomic mass is 9.97. The Morgan fingerprint density at radius 2 is 1.68 bits per heavy atom. The van der Waals surface area contributed by atoms with Crippen LogP contribution in [0.25, 0.3) is 27.5 Å². The Balaban J connectivity index is 1.99. The summed E-state index contributed by atoms with van der Waals surface area (Å²) in [6.45, 7) is 3.02. The summed E-state index contributed by atoms with van der Waals surface area (Å²) in [5.41, 5.74) is -0.00249. The Kier molecular flexibility index (Phi) is 5.09. The van der Waals surface area contributed by atoms with Gasteiger partial charge in [-0.25, -0.2) is 9.18 Å². The molecule has 2 heterocycles. The van der Waals surface area contributed by atoms with Crippen LogP contribution in [0.3, 0.4) is 0 Å². The smallest absolute Gasteiger partial charge is 0.417 e. The molecule has 0 saturated carbocycles. The van der Waals surface area contributed by atoms with Crippen molar-refractivity contribution < 1.29 is 31.8 Å². The zero-order valence-corrected chi connectivity index (χ0v) is 17.1. The van der Waals surface area contributed by atoms with Gasteiger partial charge in [0.2, 0.25) is 5.79 Å². The minimum absolute atomic E-state index is 0.0290. The third-order valence-electron chi connectivity index (χ3n) is 4.48. The molecule has 0 atom stereocenters. The first kappa shape index (κ1) is 21.0. The molecule has 0 N–H and O–H groups in total. The van der Waals surface area contributed by atoms with Gasteiger partial charge in [-0.1, -0.05) is 18.2 Å². The van der Waals surface area contributed by atoms with Crippen molar-refractivity contribution in [3.63, 3.8) is 0 Å². The van der Waals surface area contributed by atoms with Gasteiger partial charge in [-0.05, 0) is 41.9 Å². The van der Waals surface area contributed by atoms with Crippen molar-refractivity contribution in [1.82, 2.24) is 4.37 Å². The molecule has 1 aromatic heterocycles. The molecular weight excluding hydrogens is 434 g/mol. The van der Waals surface area contributed by atoms with Gasteiger partial charge in [0, 0.05) is 25.0 Å². The molecule has 0 amide bonds. The summed E-state index contributed by atoms with van der Waals surface area (Å²) in [6.07, 6.45) is -3.53. The van der Waals surface area contributed by atoms with E-state index in [-0.39, 0.29) is 27.5 Å². The molecule has 0 bridgehead atoms. The van der Waals surface area contributed by atoms with Crippen LogP contribution in [0.2, 0.25) is 0 Å². The van der Waals surface area contributed by atoms with Crippen LogP contribution in [0.15, 0.2) is 54.6 Å². The van der Waals surface area contributed by atoms with Gasteiger partial charge in [0.1, 0.15) is 11.6 Å². The normalized spacial score (nSPS) is 15.8. The van der Waals surface area contributed by atoms with Gasteiger partial charge >= 0.3 is 12.1 Å². The minimum atomic E-state index is -4.60. The van der Waals surface area contributed by atoms with Gasteiger partial charge < -0.3 is 9.47 Å². The van der Waals surface area contributed by atoms with Gasteiger partial charge in [0.15, 0.2) is 0 Å². The maximum atomic E-state index is 13.7. The molecule has 0 radical (unpaired) electrons. The molecule has 9 heteroatoms. The number of halogens is 4. The van der Waals surface area contributed by atoms with Crippen LogP contribution in [-0.4, -0.2) is 16.1 Å². The number of hydrogen-bond donors (Lipinski definition) is 0. The molecule has 0 unspecified atom stereocenters. The Hall–Kier alpha value is -3.20. The first-order valence-electron chi connectivity index (χ1n) is 9.11. The summed E-state index contributed by atoms with van der Waals surface area (Å²) in [4.78, 5) is 12.3. The average Bonchev–Trinajstić information content (AvgIpc) is 3.11. The molecule has 0 aliphatic carbocycles. The predicted octanol–water partition coefficient (Wildman–Crippen LogP) is 6.29. The molecule has 1 aliphatic heterocycles. The molecule has 160 valence electrons. The van der Waals surface area contributed by atoms with Gasteiger partial charge in [-0.2, -0.15) is 17.5 Å². The molecule has 4 rings (SSSR count). The first-order valence-corrected chi connectivity index (χ1v) is 9.89. The van der Waals surface area contributed by atoms with Crippen LogP contribution in [0, 0.1) is 5.82 Å². The lowest BCUT2D eigenvalue weighted by Crippen LogP contribution is -2.33. The van der Waals surface area contributed by atoms with Crippen molar-refractivity contribution in [3.8, 4) is 21.7 Å². The predicted molar refractivity (Wildman–Crippen MR) is 107 cm³/mol. The Labute approximate surface area is 178 Å². The molecule has 4 nitrogen and oxygen atoms in total. The number of hydrogen-bond acceptors (Lipinski definition) is 5. The van der Waals surface area contributed by atoms with Gasteiger partial charge in [-0.15, -0.1) is 0 Å². The van der Waals surface area contributed by atoms with E-state index >= 15 is 0 Å². The van der Waals surface area contributed by atoms with Crippen molar-refractivity contribution in [3.05, 3.63) is 71.6 Å². The summed E-state index contributed by atoms with van der Waals surface area (Å²) < 4.78 is 69.7. The number of carbonyl (C=O) groups excluding carboxylic acids is 1. The Morgan fingerprint density at radius 3 is 2.32 bits per heavy atom. The number of rotatable bonds is 3. The lowest BCUT2D eigenvalue weighted by Gasteiger charge is -2.31. The fourth-order valence-corrected chi connectivity index (χ4v) is 4.20. The average molecular weight is 449 g/mol. The number of aromatic nitrogens is 1. The van der Waals surface area contributed by atoms with E-state index in [0.29, 0.717) is 5.56 Å². The third kappa shape index (κ3) is 4.18. The number of ether oxygens (including phenoxy) is 2. The molecule has 3 aromatic rings. The summed E-state index contributed by atoms with van der Waals surface area (Å²) in [7, 11) is 0. The SMILES string of the molecule is CC1(C)OC(=O)C=C(c2c(-c3ccc(F)cc3)nsc2-c2ccccc2C(F)(F)F)O1. The summed E-state index contributed by atoms with van der Waals surface area (Å²) in [6, 6.07) is 10.4. The third-order valence-corrected chi connectivity index (χ3v) is 5.36. The van der Waals surface area contributed by atoms with Crippen molar-refractivity contribution in [2.45, 2.75) is 25.8 Å². The van der Waals surface area contributed by atoms with E-state index in [1.807, 2.05) is 0 Å². The molecule has 2 aromatic carbocycles. The van der Waals surface area contributed by atoms with E-state index < -0.39 is 29.3 Å². The monoisotopic (exact) mass is 449 g/mol. The number of nitrogens with zero attached hydrogens (tertiary/aromatic N) is 1. The van der Waals surface area contributed by atoms with Gasteiger partial charge in [0.25, 0.3) is 0 Å². The summed E-state index contributed by atoms with van der Waals surface area (Å²) in [5, 5.41) is 0. The summed E-state index contributed by atoms with van der Waals surface area (Å²) >= 11 is 0.837. The maximum Gasteiger partial charge on any atom is 0.417 e. The van der Waals surface area contributed by atoms with Crippen LogP contribution in [0.1, 0.15) is 25.0 Å². The Bertz CT molecular complexity index is 1180. The zero-order chi connectivity index (χ0) is 22.4. The van der Waals surface area contributed by atoms with Crippen LogP contribution in [-0.2, 0) is 20.4 Å². The van der Waals surface area contributed by atoms with Crippen LogP contribution in [0.4, 0.5) is 17.6 Å². The van der Waals surface area contributed by atoms with Crippen molar-refractivity contribution in [2.75, 3.05) is 0 Å². The van der Waals surface area contributed by atoms with E-state index in [2.05, 4.69) is 4.37 Å². The van der Waals surface area contributed by atoms with Crippen LogP contribution >= 0.6 is 11.5 Å². The van der Waals surface area contributed by atoms with Gasteiger partial charge in [-0.3, -0.25) is 0 Å². The topological polar surface area (TPSA) is 48.4 Å². The lowest BCUT2D eigenvalue weighted by molar-refractivity contribution is -0.193. The Morgan fingerprint density at radius 1 is 1.00 bits per heavy atom. The number of cyclic esters (lactones) is 1. The second-order valence-corrected chi connectivity index (χ2v) is 7.99. The maximum absolute atomic E-state index is 13.7. The van der Waals surface area contributed by atoms with Gasteiger partial charge in [0.05, 0.1) is 27.8 Å². The zero-order valence-electron chi connectivity index (χ0n) is 16.3. The quantitative estimate of drug-likeness (QED) is 0.349. The molecule has 31 heavy (non-hydrogen) atoms. The van der Waals surface area contributed by atoms with E-state index in [1.165, 1.54) is 56.3 Å². The highest BCUT2D eigenvalue weighted by molar-refractivity contribution is 7.10. The van der Waals surface area contributed by atoms with Crippen LogP contribution < -0.4 is 0 Å². The molecular formula is C22H15F4NO3S. The minimum Gasteiger partial charge on any atom is -0.452 e. The van der Waals surface area contributed by atoms with Crippen molar-refractivity contribution >= 4 is 23.3 Å². The number of esters is 1. The largest absolute Gasteiger partial charge is 0.452 e. The molecule has 0 fully saturated rings. The highest BCUT2D eigenvalue weighted by atomic mass is 32.1. The fourth-order valence-electron chi connectivity index (χ4n) is 3.25. The second kappa shape index (κ2) is 7.49. The fraction of sp³-hybridized carbons (Fsp3) is 0.182. The molecule has 0 spiro atoms. The summed E-state index contributed by atoms with van der Waals surface area (Å²) in [5.74, 6) is -2.47. The van der Waals surface area contributed by atoms with E-state index in [0.717, 1.165) is 23.7 Å². The highest BCUT2D eigenvalue weighted by Gasteiger charge is 2.37. The van der Waals surface area contributed by atoms with E-state index in [9.17, 15) is 22.4 Å². The number of alkyl halides is 3. The molecule has 1 aliphatic rings. The van der Waals surface area contributed by atoms with Crippen molar-refractivity contribution in [1.29, 1.82) is 0 Å².